The first kappa shape index (κ1) is 13.8. The van der Waals surface area contributed by atoms with E-state index in [1.165, 1.54) is 12.1 Å². The molecule has 0 aliphatic carbocycles. The monoisotopic (exact) mass is 299 g/mol. The summed E-state index contributed by atoms with van der Waals surface area (Å²) in [6.07, 6.45) is 2.05. The molecule has 0 saturated carbocycles. The molecule has 0 radical (unpaired) electrons. The highest BCUT2D eigenvalue weighted by atomic mass is 32.2. The fraction of sp³-hybridized carbons (Fsp3) is 0.538. The van der Waals surface area contributed by atoms with Gasteiger partial charge in [-0.15, -0.1) is 0 Å². The van der Waals surface area contributed by atoms with Gasteiger partial charge in [-0.1, -0.05) is 0 Å². The van der Waals surface area contributed by atoms with Crippen molar-refractivity contribution in [1.29, 1.82) is 0 Å². The highest BCUT2D eigenvalue weighted by Crippen LogP contribution is 2.28. The Balaban J connectivity index is 1.80. The molecule has 5 nitrogen and oxygen atoms in total. The fourth-order valence-electron chi connectivity index (χ4n) is 3.05. The molecule has 7 heteroatoms. The van der Waals surface area contributed by atoms with Gasteiger partial charge in [0.05, 0.1) is 10.6 Å². The first-order valence-corrected chi connectivity index (χ1v) is 8.24. The lowest BCUT2D eigenvalue weighted by Crippen LogP contribution is -2.57. The van der Waals surface area contributed by atoms with E-state index in [0.717, 1.165) is 38.5 Å². The zero-order valence-corrected chi connectivity index (χ0v) is 11.9. The lowest BCUT2D eigenvalue weighted by molar-refractivity contribution is 0.0827. The van der Waals surface area contributed by atoms with E-state index in [2.05, 4.69) is 9.62 Å². The maximum absolute atomic E-state index is 13.1. The van der Waals surface area contributed by atoms with Gasteiger partial charge < -0.3 is 10.6 Å². The first-order valence-electron chi connectivity index (χ1n) is 6.75. The molecule has 3 aliphatic heterocycles. The van der Waals surface area contributed by atoms with Crippen LogP contribution in [0.15, 0.2) is 23.1 Å². The van der Waals surface area contributed by atoms with Crippen molar-refractivity contribution in [3.05, 3.63) is 24.0 Å². The number of sulfonamides is 1. The van der Waals surface area contributed by atoms with Crippen molar-refractivity contribution < 1.29 is 12.8 Å². The number of nitrogens with two attached hydrogens (primary N) is 1. The van der Waals surface area contributed by atoms with Gasteiger partial charge in [0.2, 0.25) is 10.0 Å². The summed E-state index contributed by atoms with van der Waals surface area (Å²) in [6, 6.07) is 3.43. The normalized spacial score (nSPS) is 29.6. The summed E-state index contributed by atoms with van der Waals surface area (Å²) < 4.78 is 40.5. The summed E-state index contributed by atoms with van der Waals surface area (Å²) in [6.45, 7) is 2.85. The molecule has 3 N–H and O–H groups in total. The van der Waals surface area contributed by atoms with Crippen LogP contribution in [0.1, 0.15) is 12.8 Å². The number of hydrogen-bond donors (Lipinski definition) is 2. The summed E-state index contributed by atoms with van der Waals surface area (Å²) >= 11 is 0. The minimum absolute atomic E-state index is 0.0212. The van der Waals surface area contributed by atoms with Crippen LogP contribution in [0.4, 0.5) is 10.1 Å². The van der Waals surface area contributed by atoms with Crippen LogP contribution in [0.5, 0.6) is 0 Å². The molecule has 20 heavy (non-hydrogen) atoms. The number of anilines is 1. The Labute approximate surface area is 118 Å². The third-order valence-electron chi connectivity index (χ3n) is 4.24. The summed E-state index contributed by atoms with van der Waals surface area (Å²) in [5, 5.41) is 0. The van der Waals surface area contributed by atoms with E-state index >= 15 is 0 Å². The second kappa shape index (κ2) is 4.98. The summed E-state index contributed by atoms with van der Waals surface area (Å²) in [4.78, 5) is 2.29. The topological polar surface area (TPSA) is 75.4 Å². The van der Waals surface area contributed by atoms with Crippen molar-refractivity contribution in [3.8, 4) is 0 Å². The molecular formula is C13H18FN3O2S. The smallest absolute Gasteiger partial charge is 0.240 e. The predicted molar refractivity (Wildman–Crippen MR) is 74.1 cm³/mol. The van der Waals surface area contributed by atoms with Crippen molar-refractivity contribution in [3.63, 3.8) is 0 Å². The molecule has 4 rings (SSSR count). The molecule has 3 heterocycles. The zero-order valence-electron chi connectivity index (χ0n) is 11.0. The Kier molecular flexibility index (Phi) is 3.43. The van der Waals surface area contributed by atoms with Crippen LogP contribution in [0.2, 0.25) is 0 Å². The standard InChI is InChI=1S/C13H18FN3O2S/c14-11-2-1-10(7-12(11)15)20(18,19)16-13-8-17-5-3-9(13)4-6-17/h1-2,7,9,13,16H,3-6,8,15H2. The van der Waals surface area contributed by atoms with Crippen LogP contribution in [0.3, 0.4) is 0 Å². The number of benzene rings is 1. The minimum Gasteiger partial charge on any atom is -0.396 e. The highest BCUT2D eigenvalue weighted by molar-refractivity contribution is 7.89. The van der Waals surface area contributed by atoms with E-state index < -0.39 is 15.8 Å². The number of halogens is 1. The Morgan fingerprint density at radius 2 is 2.00 bits per heavy atom. The molecule has 0 aromatic heterocycles. The second-order valence-electron chi connectivity index (χ2n) is 5.55. The highest BCUT2D eigenvalue weighted by Gasteiger charge is 2.36. The molecule has 1 unspecified atom stereocenters. The van der Waals surface area contributed by atoms with Crippen LogP contribution in [0.25, 0.3) is 0 Å². The van der Waals surface area contributed by atoms with Gasteiger partial charge in [-0.3, -0.25) is 0 Å². The number of hydrogen-bond acceptors (Lipinski definition) is 4. The molecule has 3 aliphatic rings. The van der Waals surface area contributed by atoms with Gasteiger partial charge in [-0.2, -0.15) is 0 Å². The van der Waals surface area contributed by atoms with Crippen molar-refractivity contribution >= 4 is 15.7 Å². The van der Waals surface area contributed by atoms with Crippen LogP contribution < -0.4 is 10.5 Å². The van der Waals surface area contributed by atoms with Crippen molar-refractivity contribution in [1.82, 2.24) is 9.62 Å². The molecule has 3 saturated heterocycles. The van der Waals surface area contributed by atoms with E-state index in [1.807, 2.05) is 0 Å². The summed E-state index contributed by atoms with van der Waals surface area (Å²) in [5.74, 6) is -0.209. The number of nitrogens with one attached hydrogen (secondary N) is 1. The third kappa shape index (κ3) is 2.53. The molecule has 110 valence electrons. The van der Waals surface area contributed by atoms with E-state index in [4.69, 9.17) is 5.73 Å². The van der Waals surface area contributed by atoms with E-state index in [1.54, 1.807) is 0 Å². The molecule has 0 amide bonds. The third-order valence-corrected chi connectivity index (χ3v) is 5.73. The van der Waals surface area contributed by atoms with Crippen LogP contribution >= 0.6 is 0 Å². The quantitative estimate of drug-likeness (QED) is 0.809. The van der Waals surface area contributed by atoms with Crippen molar-refractivity contribution in [2.45, 2.75) is 23.8 Å². The first-order chi connectivity index (χ1) is 9.45. The Bertz CT molecular complexity index is 612. The van der Waals surface area contributed by atoms with Crippen LogP contribution in [0, 0.1) is 11.7 Å². The molecule has 0 spiro atoms. The molecule has 3 fully saturated rings. The number of nitrogens with zero attached hydrogens (tertiary/aromatic N) is 1. The Morgan fingerprint density at radius 3 is 2.55 bits per heavy atom. The lowest BCUT2D eigenvalue weighted by atomic mass is 9.85. The van der Waals surface area contributed by atoms with E-state index in [0.29, 0.717) is 5.92 Å². The van der Waals surface area contributed by atoms with Gasteiger partial charge in [-0.25, -0.2) is 17.5 Å². The largest absolute Gasteiger partial charge is 0.396 e. The average Bonchev–Trinajstić information content (AvgIpc) is 2.42. The molecule has 1 atom stereocenters. The predicted octanol–water partition coefficient (Wildman–Crippen LogP) is 0.780. The van der Waals surface area contributed by atoms with Crippen LogP contribution in [-0.2, 0) is 10.0 Å². The molecule has 2 bridgehead atoms. The maximum Gasteiger partial charge on any atom is 0.240 e. The van der Waals surface area contributed by atoms with E-state index in [9.17, 15) is 12.8 Å². The van der Waals surface area contributed by atoms with Gasteiger partial charge in [0.1, 0.15) is 5.82 Å². The van der Waals surface area contributed by atoms with Gasteiger partial charge in [-0.05, 0) is 50.0 Å². The number of piperidine rings is 3. The van der Waals surface area contributed by atoms with Crippen molar-refractivity contribution in [2.75, 3.05) is 25.4 Å². The maximum atomic E-state index is 13.1. The van der Waals surface area contributed by atoms with E-state index in [-0.39, 0.29) is 16.6 Å². The average molecular weight is 299 g/mol. The van der Waals surface area contributed by atoms with Crippen LogP contribution in [-0.4, -0.2) is 39.0 Å². The van der Waals surface area contributed by atoms with Gasteiger partial charge >= 0.3 is 0 Å². The second-order valence-corrected chi connectivity index (χ2v) is 7.26. The molecule has 1 aromatic rings. The summed E-state index contributed by atoms with van der Waals surface area (Å²) in [7, 11) is -3.64. The molecule has 1 aromatic carbocycles. The zero-order chi connectivity index (χ0) is 14.3. The lowest BCUT2D eigenvalue weighted by Gasteiger charge is -2.44. The Hall–Kier alpha value is -1.18. The number of fused-ring (bicyclic) bond motifs is 3. The number of nitrogen functional groups attached to an aromatic ring is 1. The van der Waals surface area contributed by atoms with Gasteiger partial charge in [0.15, 0.2) is 0 Å². The SMILES string of the molecule is Nc1cc(S(=O)(=O)NC2CN3CCC2CC3)ccc1F. The Morgan fingerprint density at radius 1 is 1.30 bits per heavy atom. The minimum atomic E-state index is -3.64. The summed E-state index contributed by atoms with van der Waals surface area (Å²) in [5.41, 5.74) is 5.28. The fourth-order valence-corrected chi connectivity index (χ4v) is 4.39. The van der Waals surface area contributed by atoms with Gasteiger partial charge in [0, 0.05) is 12.6 Å². The number of rotatable bonds is 3. The van der Waals surface area contributed by atoms with Gasteiger partial charge in [0.25, 0.3) is 0 Å². The molecular weight excluding hydrogens is 281 g/mol. The van der Waals surface area contributed by atoms with Crippen molar-refractivity contribution in [2.24, 2.45) is 5.92 Å².